The molecule has 0 aliphatic rings. The standard InChI is InChI=1S/C11H15N3O2/c1-4-6-12-11-13-7-9(8(3)14-11)10(15)16-5-2/h4,7H,1,5-6H2,2-3H3,(H,12,13,14). The fourth-order valence-corrected chi connectivity index (χ4v) is 1.12. The SMILES string of the molecule is C=CCNc1ncc(C(=O)OCC)c(C)n1. The number of aromatic nitrogens is 2. The molecule has 0 aromatic carbocycles. The first-order chi connectivity index (χ1) is 7.69. The third-order valence-corrected chi connectivity index (χ3v) is 1.88. The lowest BCUT2D eigenvalue weighted by Gasteiger charge is -2.06. The first-order valence-corrected chi connectivity index (χ1v) is 5.04. The summed E-state index contributed by atoms with van der Waals surface area (Å²) in [4.78, 5) is 19.6. The number of esters is 1. The van der Waals surface area contributed by atoms with Crippen LogP contribution in [0, 0.1) is 6.92 Å². The summed E-state index contributed by atoms with van der Waals surface area (Å²) in [5.74, 6) is 0.0840. The summed E-state index contributed by atoms with van der Waals surface area (Å²) in [5, 5.41) is 2.94. The largest absolute Gasteiger partial charge is 0.462 e. The van der Waals surface area contributed by atoms with Gasteiger partial charge in [0.05, 0.1) is 17.9 Å². The van der Waals surface area contributed by atoms with Crippen molar-refractivity contribution in [3.8, 4) is 0 Å². The van der Waals surface area contributed by atoms with Crippen molar-refractivity contribution in [2.24, 2.45) is 0 Å². The zero-order valence-electron chi connectivity index (χ0n) is 9.49. The van der Waals surface area contributed by atoms with Crippen LogP contribution >= 0.6 is 0 Å². The molecule has 5 nitrogen and oxygen atoms in total. The van der Waals surface area contributed by atoms with Crippen LogP contribution in [0.1, 0.15) is 23.0 Å². The normalized spacial score (nSPS) is 9.62. The molecule has 1 rings (SSSR count). The Balaban J connectivity index is 2.82. The Morgan fingerprint density at radius 3 is 3.00 bits per heavy atom. The van der Waals surface area contributed by atoms with Crippen molar-refractivity contribution >= 4 is 11.9 Å². The molecule has 1 aromatic heterocycles. The van der Waals surface area contributed by atoms with Crippen LogP contribution in [0.2, 0.25) is 0 Å². The Hall–Kier alpha value is -1.91. The molecule has 0 atom stereocenters. The van der Waals surface area contributed by atoms with Crippen molar-refractivity contribution in [2.45, 2.75) is 13.8 Å². The van der Waals surface area contributed by atoms with E-state index in [1.165, 1.54) is 6.20 Å². The molecule has 1 N–H and O–H groups in total. The van der Waals surface area contributed by atoms with Gasteiger partial charge in [-0.25, -0.2) is 14.8 Å². The minimum Gasteiger partial charge on any atom is -0.462 e. The number of carbonyl (C=O) groups excluding carboxylic acids is 1. The Labute approximate surface area is 94.6 Å². The van der Waals surface area contributed by atoms with Crippen molar-refractivity contribution in [1.29, 1.82) is 0 Å². The highest BCUT2D eigenvalue weighted by molar-refractivity contribution is 5.90. The van der Waals surface area contributed by atoms with E-state index in [1.54, 1.807) is 19.9 Å². The second-order valence-corrected chi connectivity index (χ2v) is 3.08. The van der Waals surface area contributed by atoms with Gasteiger partial charge >= 0.3 is 5.97 Å². The molecule has 0 unspecified atom stereocenters. The predicted molar refractivity (Wildman–Crippen MR) is 61.4 cm³/mol. The summed E-state index contributed by atoms with van der Waals surface area (Å²) in [6, 6.07) is 0. The van der Waals surface area contributed by atoms with E-state index in [9.17, 15) is 4.79 Å². The maximum absolute atomic E-state index is 11.5. The molecule has 0 aliphatic heterocycles. The van der Waals surface area contributed by atoms with Crippen molar-refractivity contribution in [2.75, 3.05) is 18.5 Å². The maximum atomic E-state index is 11.5. The number of carbonyl (C=O) groups is 1. The lowest BCUT2D eigenvalue weighted by molar-refractivity contribution is 0.0524. The average Bonchev–Trinajstić information content (AvgIpc) is 2.26. The number of nitrogens with one attached hydrogen (secondary N) is 1. The molecule has 1 heterocycles. The van der Waals surface area contributed by atoms with Crippen LogP contribution in [-0.2, 0) is 4.74 Å². The smallest absolute Gasteiger partial charge is 0.341 e. The molecule has 0 amide bonds. The number of rotatable bonds is 5. The van der Waals surface area contributed by atoms with Crippen LogP contribution < -0.4 is 5.32 Å². The molecule has 5 heteroatoms. The van der Waals surface area contributed by atoms with Gasteiger partial charge in [-0.05, 0) is 13.8 Å². The zero-order valence-corrected chi connectivity index (χ0v) is 9.49. The molecule has 16 heavy (non-hydrogen) atoms. The van der Waals surface area contributed by atoms with Gasteiger partial charge < -0.3 is 10.1 Å². The minimum atomic E-state index is -0.393. The molecule has 0 radical (unpaired) electrons. The van der Waals surface area contributed by atoms with E-state index >= 15 is 0 Å². The monoisotopic (exact) mass is 221 g/mol. The molecule has 0 saturated heterocycles. The lowest BCUT2D eigenvalue weighted by Crippen LogP contribution is -2.11. The summed E-state index contributed by atoms with van der Waals surface area (Å²) < 4.78 is 4.87. The Bertz CT molecular complexity index is 391. The fourth-order valence-electron chi connectivity index (χ4n) is 1.12. The van der Waals surface area contributed by atoms with Gasteiger partial charge in [0.15, 0.2) is 0 Å². The van der Waals surface area contributed by atoms with Gasteiger partial charge in [-0.3, -0.25) is 0 Å². The Morgan fingerprint density at radius 1 is 1.69 bits per heavy atom. The van der Waals surface area contributed by atoms with Crippen molar-refractivity contribution < 1.29 is 9.53 Å². The van der Waals surface area contributed by atoms with Gasteiger partial charge in [-0.2, -0.15) is 0 Å². The first-order valence-electron chi connectivity index (χ1n) is 5.04. The van der Waals surface area contributed by atoms with Crippen LogP contribution in [0.4, 0.5) is 5.95 Å². The van der Waals surface area contributed by atoms with Crippen molar-refractivity contribution in [3.05, 3.63) is 30.1 Å². The number of anilines is 1. The highest BCUT2D eigenvalue weighted by Gasteiger charge is 2.12. The minimum absolute atomic E-state index is 0.342. The summed E-state index contributed by atoms with van der Waals surface area (Å²) in [5.41, 5.74) is 0.992. The van der Waals surface area contributed by atoms with Crippen LogP contribution in [0.5, 0.6) is 0 Å². The summed E-state index contributed by atoms with van der Waals surface area (Å²) in [7, 11) is 0. The molecular weight excluding hydrogens is 206 g/mol. The summed E-state index contributed by atoms with van der Waals surface area (Å²) >= 11 is 0. The number of hydrogen-bond donors (Lipinski definition) is 1. The Morgan fingerprint density at radius 2 is 2.44 bits per heavy atom. The van der Waals surface area contributed by atoms with Gasteiger partial charge in [0.2, 0.25) is 5.95 Å². The van der Waals surface area contributed by atoms with Gasteiger partial charge in [0, 0.05) is 12.7 Å². The lowest BCUT2D eigenvalue weighted by atomic mass is 10.2. The van der Waals surface area contributed by atoms with Gasteiger partial charge in [0.25, 0.3) is 0 Å². The van der Waals surface area contributed by atoms with E-state index in [-0.39, 0.29) is 0 Å². The third-order valence-electron chi connectivity index (χ3n) is 1.88. The van der Waals surface area contributed by atoms with E-state index in [0.29, 0.717) is 30.4 Å². The van der Waals surface area contributed by atoms with E-state index in [4.69, 9.17) is 4.74 Å². The third kappa shape index (κ3) is 3.05. The van der Waals surface area contributed by atoms with Crippen LogP contribution in [0.15, 0.2) is 18.9 Å². The molecule has 0 saturated carbocycles. The zero-order chi connectivity index (χ0) is 12.0. The first kappa shape index (κ1) is 12.2. The number of ether oxygens (including phenoxy) is 1. The number of nitrogens with zero attached hydrogens (tertiary/aromatic N) is 2. The van der Waals surface area contributed by atoms with E-state index in [1.807, 2.05) is 0 Å². The highest BCUT2D eigenvalue weighted by atomic mass is 16.5. The molecule has 0 bridgehead atoms. The number of aryl methyl sites for hydroxylation is 1. The quantitative estimate of drug-likeness (QED) is 0.603. The van der Waals surface area contributed by atoms with Crippen LogP contribution in [-0.4, -0.2) is 29.1 Å². The van der Waals surface area contributed by atoms with E-state index in [2.05, 4.69) is 21.9 Å². The topological polar surface area (TPSA) is 64.1 Å². The second kappa shape index (κ2) is 5.85. The van der Waals surface area contributed by atoms with Gasteiger partial charge in [0.1, 0.15) is 0 Å². The maximum Gasteiger partial charge on any atom is 0.341 e. The molecule has 0 fully saturated rings. The van der Waals surface area contributed by atoms with Crippen molar-refractivity contribution in [3.63, 3.8) is 0 Å². The molecule has 0 spiro atoms. The second-order valence-electron chi connectivity index (χ2n) is 3.08. The molecular formula is C11H15N3O2. The van der Waals surface area contributed by atoms with Crippen LogP contribution in [0.3, 0.4) is 0 Å². The van der Waals surface area contributed by atoms with Crippen molar-refractivity contribution in [1.82, 2.24) is 9.97 Å². The molecule has 0 aliphatic carbocycles. The summed E-state index contributed by atoms with van der Waals surface area (Å²) in [6.45, 7) is 8.00. The van der Waals surface area contributed by atoms with E-state index < -0.39 is 5.97 Å². The molecule has 86 valence electrons. The predicted octanol–water partition coefficient (Wildman–Crippen LogP) is 1.56. The Kier molecular flexibility index (Phi) is 4.44. The van der Waals surface area contributed by atoms with Gasteiger partial charge in [-0.15, -0.1) is 6.58 Å². The molecule has 1 aromatic rings. The number of hydrogen-bond acceptors (Lipinski definition) is 5. The highest BCUT2D eigenvalue weighted by Crippen LogP contribution is 2.08. The average molecular weight is 221 g/mol. The fraction of sp³-hybridized carbons (Fsp3) is 0.364. The van der Waals surface area contributed by atoms with E-state index in [0.717, 1.165) is 0 Å². The van der Waals surface area contributed by atoms with Gasteiger partial charge in [-0.1, -0.05) is 6.08 Å². The summed E-state index contributed by atoms with van der Waals surface area (Å²) in [6.07, 6.45) is 3.17. The van der Waals surface area contributed by atoms with Crippen LogP contribution in [0.25, 0.3) is 0 Å².